The zero-order valence-corrected chi connectivity index (χ0v) is 4.83. The van der Waals surface area contributed by atoms with Gasteiger partial charge in [0.1, 0.15) is 0 Å². The maximum Gasteiger partial charge on any atom is 0.0303 e. The van der Waals surface area contributed by atoms with E-state index in [2.05, 4.69) is 25.0 Å². The first kappa shape index (κ1) is 5.18. The lowest BCUT2D eigenvalue weighted by atomic mass is 10.0. The van der Waals surface area contributed by atoms with Crippen LogP contribution in [0.4, 0.5) is 0 Å². The van der Waals surface area contributed by atoms with E-state index < -0.39 is 0 Å². The van der Waals surface area contributed by atoms with Gasteiger partial charge < -0.3 is 0 Å². The van der Waals surface area contributed by atoms with Gasteiger partial charge >= 0.3 is 0 Å². The first-order valence-electron chi connectivity index (χ1n) is 2.62. The molecule has 0 N–H and O–H groups in total. The fourth-order valence-corrected chi connectivity index (χ4v) is 0.703. The number of hydrogen-bond donors (Lipinski definition) is 0. The van der Waals surface area contributed by atoms with E-state index in [1.807, 2.05) is 0 Å². The molecule has 0 unspecified atom stereocenters. The lowest BCUT2D eigenvalue weighted by Gasteiger charge is -2.02. The molecule has 0 saturated heterocycles. The Morgan fingerprint density at radius 2 is 2.12 bits per heavy atom. The molecule has 40 valence electrons. The Labute approximate surface area is 49.9 Å². The quantitative estimate of drug-likeness (QED) is 0.325. The minimum Gasteiger partial charge on any atom is -0.0985 e. The Kier molecular flexibility index (Phi) is 1.22. The predicted molar refractivity (Wildman–Crippen MR) is 35.3 cm³/mol. The van der Waals surface area contributed by atoms with Gasteiger partial charge in [-0.25, -0.2) is 0 Å². The summed E-state index contributed by atoms with van der Waals surface area (Å²) in [5.74, 6) is 5.84. The average Bonchev–Trinajstić information content (AvgIpc) is 1.64. The molecule has 0 amide bonds. The summed E-state index contributed by atoms with van der Waals surface area (Å²) in [6.45, 7) is 7.53. The van der Waals surface area contributed by atoms with Gasteiger partial charge in [-0.2, -0.15) is 0 Å². The van der Waals surface area contributed by atoms with Crippen LogP contribution in [-0.2, 0) is 0 Å². The standard InChI is InChI=1S/C8H8/c1-7-4-3-5-8(2)6-7/h1-2,4,6H2. The van der Waals surface area contributed by atoms with Crippen molar-refractivity contribution in [1.29, 1.82) is 0 Å². The molecule has 0 atom stereocenters. The van der Waals surface area contributed by atoms with Crippen LogP contribution in [0, 0.1) is 11.8 Å². The normalized spacial score (nSPS) is 17.5. The van der Waals surface area contributed by atoms with Crippen molar-refractivity contribution in [2.45, 2.75) is 12.8 Å². The third-order valence-electron chi connectivity index (χ3n) is 1.07. The van der Waals surface area contributed by atoms with Crippen molar-refractivity contribution >= 4 is 0 Å². The molecule has 0 spiro atoms. The van der Waals surface area contributed by atoms with Crippen molar-refractivity contribution in [1.82, 2.24) is 0 Å². The van der Waals surface area contributed by atoms with Crippen LogP contribution >= 0.6 is 0 Å². The molecular weight excluding hydrogens is 96.1 g/mol. The summed E-state index contributed by atoms with van der Waals surface area (Å²) in [7, 11) is 0. The Morgan fingerprint density at radius 1 is 1.38 bits per heavy atom. The summed E-state index contributed by atoms with van der Waals surface area (Å²) in [6.07, 6.45) is 1.77. The second-order valence-corrected chi connectivity index (χ2v) is 2.01. The Morgan fingerprint density at radius 3 is 2.50 bits per heavy atom. The molecule has 8 heavy (non-hydrogen) atoms. The number of rotatable bonds is 0. The lowest BCUT2D eigenvalue weighted by Crippen LogP contribution is -1.87. The van der Waals surface area contributed by atoms with E-state index in [0.29, 0.717) is 0 Å². The third-order valence-corrected chi connectivity index (χ3v) is 1.07. The van der Waals surface area contributed by atoms with Crippen molar-refractivity contribution in [2.24, 2.45) is 0 Å². The van der Waals surface area contributed by atoms with Crippen LogP contribution < -0.4 is 0 Å². The topological polar surface area (TPSA) is 0 Å². The molecular formula is C8H8. The molecule has 0 aromatic carbocycles. The number of allylic oxidation sites excluding steroid dienone is 2. The van der Waals surface area contributed by atoms with Crippen LogP contribution in [-0.4, -0.2) is 0 Å². The van der Waals surface area contributed by atoms with Gasteiger partial charge in [0.05, 0.1) is 0 Å². The molecule has 1 aliphatic rings. The van der Waals surface area contributed by atoms with Crippen molar-refractivity contribution in [3.8, 4) is 11.8 Å². The lowest BCUT2D eigenvalue weighted by molar-refractivity contribution is 1.09. The van der Waals surface area contributed by atoms with E-state index in [9.17, 15) is 0 Å². The van der Waals surface area contributed by atoms with Crippen molar-refractivity contribution in [2.75, 3.05) is 0 Å². The molecule has 0 heteroatoms. The third kappa shape index (κ3) is 1.01. The summed E-state index contributed by atoms with van der Waals surface area (Å²) in [5.41, 5.74) is 2.19. The molecule has 0 saturated carbocycles. The van der Waals surface area contributed by atoms with E-state index in [-0.39, 0.29) is 0 Å². The first-order valence-corrected chi connectivity index (χ1v) is 2.62. The summed E-state index contributed by atoms with van der Waals surface area (Å²) < 4.78 is 0. The monoisotopic (exact) mass is 104 g/mol. The van der Waals surface area contributed by atoms with Gasteiger partial charge in [0.25, 0.3) is 0 Å². The van der Waals surface area contributed by atoms with E-state index in [4.69, 9.17) is 0 Å². The van der Waals surface area contributed by atoms with Crippen molar-refractivity contribution in [3.63, 3.8) is 0 Å². The SMILES string of the molecule is C=C1C#CCC(=C)C1. The van der Waals surface area contributed by atoms with Gasteiger partial charge in [0, 0.05) is 12.8 Å². The molecule has 0 aromatic heterocycles. The Hall–Kier alpha value is -0.960. The van der Waals surface area contributed by atoms with E-state index >= 15 is 0 Å². The predicted octanol–water partition coefficient (Wildman–Crippen LogP) is 1.90. The molecule has 0 nitrogen and oxygen atoms in total. The van der Waals surface area contributed by atoms with Crippen LogP contribution in [0.3, 0.4) is 0 Å². The Bertz CT molecular complexity index is 186. The highest BCUT2D eigenvalue weighted by Crippen LogP contribution is 2.13. The van der Waals surface area contributed by atoms with E-state index in [1.54, 1.807) is 0 Å². The van der Waals surface area contributed by atoms with Crippen LogP contribution in [0.15, 0.2) is 24.3 Å². The minimum atomic E-state index is 0.860. The van der Waals surface area contributed by atoms with Crippen LogP contribution in [0.1, 0.15) is 12.8 Å². The highest BCUT2D eigenvalue weighted by atomic mass is 14.0. The average molecular weight is 104 g/mol. The van der Waals surface area contributed by atoms with Crippen molar-refractivity contribution in [3.05, 3.63) is 24.3 Å². The molecule has 0 heterocycles. The van der Waals surface area contributed by atoms with E-state index in [1.165, 1.54) is 5.57 Å². The molecule has 0 fully saturated rings. The van der Waals surface area contributed by atoms with E-state index in [0.717, 1.165) is 18.4 Å². The first-order chi connectivity index (χ1) is 3.79. The van der Waals surface area contributed by atoms with Crippen molar-refractivity contribution < 1.29 is 0 Å². The van der Waals surface area contributed by atoms with Gasteiger partial charge in [-0.15, -0.1) is 0 Å². The maximum absolute atomic E-state index is 3.80. The van der Waals surface area contributed by atoms with Gasteiger partial charge in [0.15, 0.2) is 0 Å². The molecule has 0 radical (unpaired) electrons. The van der Waals surface area contributed by atoms with Crippen LogP contribution in [0.5, 0.6) is 0 Å². The van der Waals surface area contributed by atoms with Gasteiger partial charge in [-0.3, -0.25) is 0 Å². The smallest absolute Gasteiger partial charge is 0.0303 e. The summed E-state index contributed by atoms with van der Waals surface area (Å²) in [5, 5.41) is 0. The van der Waals surface area contributed by atoms with Crippen LogP contribution in [0.25, 0.3) is 0 Å². The molecule has 0 bridgehead atoms. The highest BCUT2D eigenvalue weighted by molar-refractivity contribution is 5.36. The maximum atomic E-state index is 3.80. The minimum absolute atomic E-state index is 0.860. The van der Waals surface area contributed by atoms with Gasteiger partial charge in [-0.05, 0) is 5.57 Å². The molecule has 0 aromatic rings. The zero-order chi connectivity index (χ0) is 5.98. The number of hydrogen-bond acceptors (Lipinski definition) is 0. The zero-order valence-electron chi connectivity index (χ0n) is 4.83. The molecule has 0 aliphatic heterocycles. The molecule has 1 aliphatic carbocycles. The largest absolute Gasteiger partial charge is 0.0985 e. The summed E-state index contributed by atoms with van der Waals surface area (Å²) in [6, 6.07) is 0. The second kappa shape index (κ2) is 1.88. The van der Waals surface area contributed by atoms with Crippen LogP contribution in [0.2, 0.25) is 0 Å². The fourth-order valence-electron chi connectivity index (χ4n) is 0.703. The summed E-state index contributed by atoms with van der Waals surface area (Å²) >= 11 is 0. The van der Waals surface area contributed by atoms with Gasteiger partial charge in [0.2, 0.25) is 0 Å². The van der Waals surface area contributed by atoms with Gasteiger partial charge in [-0.1, -0.05) is 30.6 Å². The fraction of sp³-hybridized carbons (Fsp3) is 0.250. The molecule has 1 rings (SSSR count). The second-order valence-electron chi connectivity index (χ2n) is 2.01. The Balaban J connectivity index is 2.76. The highest BCUT2D eigenvalue weighted by Gasteiger charge is 1.97. The summed E-state index contributed by atoms with van der Waals surface area (Å²) in [4.78, 5) is 0.